The zero-order valence-corrected chi connectivity index (χ0v) is 18.2. The van der Waals surface area contributed by atoms with Crippen LogP contribution in [0.15, 0.2) is 41.8 Å². The van der Waals surface area contributed by atoms with Gasteiger partial charge in [0.05, 0.1) is 4.90 Å². The highest BCUT2D eigenvalue weighted by Gasteiger charge is 2.32. The lowest BCUT2D eigenvalue weighted by Crippen LogP contribution is -2.46. The Morgan fingerprint density at radius 2 is 1.79 bits per heavy atom. The van der Waals surface area contributed by atoms with E-state index in [1.165, 1.54) is 0 Å². The van der Waals surface area contributed by atoms with Crippen LogP contribution in [0.5, 0.6) is 0 Å². The largest absolute Gasteiger partial charge is 0.320 e. The molecule has 7 nitrogen and oxygen atoms in total. The molecule has 1 aliphatic rings. The van der Waals surface area contributed by atoms with Crippen LogP contribution in [0.2, 0.25) is 0 Å². The zero-order chi connectivity index (χ0) is 20.2. The van der Waals surface area contributed by atoms with Crippen molar-refractivity contribution in [1.82, 2.24) is 24.4 Å². The fraction of sp³-hybridized carbons (Fsp3) is 0.579. The summed E-state index contributed by atoms with van der Waals surface area (Å²) in [5.41, 5.74) is 0.996. The van der Waals surface area contributed by atoms with Crippen molar-refractivity contribution in [2.24, 2.45) is 0 Å². The van der Waals surface area contributed by atoms with Crippen LogP contribution in [0, 0.1) is 0 Å². The highest BCUT2D eigenvalue weighted by Crippen LogP contribution is 2.29. The first-order valence-corrected chi connectivity index (χ1v) is 11.5. The molecule has 9 heteroatoms. The van der Waals surface area contributed by atoms with Crippen LogP contribution in [0.1, 0.15) is 38.7 Å². The number of thiol groups is 1. The Morgan fingerprint density at radius 3 is 2.36 bits per heavy atom. The molecule has 1 aromatic heterocycles. The fourth-order valence-corrected chi connectivity index (χ4v) is 5.38. The number of hydrogen-bond donors (Lipinski definition) is 2. The lowest BCUT2D eigenvalue weighted by atomic mass is 10.0. The van der Waals surface area contributed by atoms with E-state index in [2.05, 4.69) is 28.1 Å². The molecule has 1 saturated heterocycles. The van der Waals surface area contributed by atoms with Crippen molar-refractivity contribution in [3.05, 3.63) is 42.5 Å². The SMILES string of the molecule is CC(C)(S)c1ccc(S(=O)(=O)N(CCCn2cnnc2)C2CCNCC2)cc1. The molecule has 2 aromatic rings. The number of aromatic nitrogens is 3. The number of nitrogens with one attached hydrogen (secondary N) is 1. The van der Waals surface area contributed by atoms with Crippen molar-refractivity contribution >= 4 is 22.7 Å². The highest BCUT2D eigenvalue weighted by atomic mass is 32.2. The monoisotopic (exact) mass is 423 g/mol. The van der Waals surface area contributed by atoms with Gasteiger partial charge in [0, 0.05) is 23.9 Å². The molecule has 0 spiro atoms. The van der Waals surface area contributed by atoms with Crippen LogP contribution in [-0.2, 0) is 21.3 Å². The summed E-state index contributed by atoms with van der Waals surface area (Å²) >= 11 is 4.57. The van der Waals surface area contributed by atoms with Crippen molar-refractivity contribution in [1.29, 1.82) is 0 Å². The molecule has 0 saturated carbocycles. The first kappa shape index (κ1) is 21.3. The molecular formula is C19H29N5O2S2. The van der Waals surface area contributed by atoms with Gasteiger partial charge in [0.25, 0.3) is 0 Å². The van der Waals surface area contributed by atoms with Gasteiger partial charge in [-0.2, -0.15) is 16.9 Å². The predicted octanol–water partition coefficient (Wildman–Crippen LogP) is 2.28. The Morgan fingerprint density at radius 1 is 1.18 bits per heavy atom. The van der Waals surface area contributed by atoms with Crippen LogP contribution in [-0.4, -0.2) is 53.2 Å². The van der Waals surface area contributed by atoms with E-state index in [9.17, 15) is 8.42 Å². The molecule has 3 rings (SSSR count). The van der Waals surface area contributed by atoms with Crippen molar-refractivity contribution in [3.8, 4) is 0 Å². The van der Waals surface area contributed by atoms with Crippen LogP contribution in [0.4, 0.5) is 0 Å². The molecule has 1 N–H and O–H groups in total. The summed E-state index contributed by atoms with van der Waals surface area (Å²) in [6.45, 7) is 6.84. The minimum absolute atomic E-state index is 0.0214. The van der Waals surface area contributed by atoms with E-state index in [1.807, 2.05) is 30.5 Å². The third-order valence-corrected chi connectivity index (χ3v) is 7.37. The number of benzene rings is 1. The number of nitrogens with zero attached hydrogens (tertiary/aromatic N) is 4. The van der Waals surface area contributed by atoms with Crippen molar-refractivity contribution in [3.63, 3.8) is 0 Å². The van der Waals surface area contributed by atoms with Gasteiger partial charge < -0.3 is 9.88 Å². The third-order valence-electron chi connectivity index (χ3n) is 5.14. The average molecular weight is 424 g/mol. The van der Waals surface area contributed by atoms with E-state index >= 15 is 0 Å². The minimum Gasteiger partial charge on any atom is -0.320 e. The van der Waals surface area contributed by atoms with Gasteiger partial charge in [-0.05, 0) is 63.9 Å². The van der Waals surface area contributed by atoms with Gasteiger partial charge >= 0.3 is 0 Å². The second-order valence-corrected chi connectivity index (χ2v) is 10.7. The average Bonchev–Trinajstić information content (AvgIpc) is 3.19. The van der Waals surface area contributed by atoms with E-state index in [1.54, 1.807) is 29.1 Å². The molecule has 154 valence electrons. The molecule has 0 bridgehead atoms. The number of sulfonamides is 1. The summed E-state index contributed by atoms with van der Waals surface area (Å²) in [6.07, 6.45) is 5.67. The van der Waals surface area contributed by atoms with Gasteiger partial charge in [-0.1, -0.05) is 12.1 Å². The third kappa shape index (κ3) is 5.14. The maximum atomic E-state index is 13.4. The molecule has 0 amide bonds. The maximum Gasteiger partial charge on any atom is 0.243 e. The number of hydrogen-bond acceptors (Lipinski definition) is 6. The Balaban J connectivity index is 1.80. The molecule has 1 fully saturated rings. The van der Waals surface area contributed by atoms with Crippen molar-refractivity contribution in [2.45, 2.75) is 55.3 Å². The summed E-state index contributed by atoms with van der Waals surface area (Å²) in [5.74, 6) is 0. The Bertz CT molecular complexity index is 839. The summed E-state index contributed by atoms with van der Waals surface area (Å²) in [7, 11) is -3.56. The fourth-order valence-electron chi connectivity index (χ4n) is 3.51. The Labute approximate surface area is 173 Å². The van der Waals surface area contributed by atoms with Crippen molar-refractivity contribution < 1.29 is 8.42 Å². The van der Waals surface area contributed by atoms with Crippen molar-refractivity contribution in [2.75, 3.05) is 19.6 Å². The lowest BCUT2D eigenvalue weighted by Gasteiger charge is -2.34. The molecule has 0 unspecified atom stereocenters. The number of rotatable bonds is 8. The molecular weight excluding hydrogens is 394 g/mol. The van der Waals surface area contributed by atoms with Gasteiger partial charge in [-0.25, -0.2) is 8.42 Å². The van der Waals surface area contributed by atoms with E-state index in [4.69, 9.17) is 0 Å². The first-order chi connectivity index (χ1) is 13.3. The van der Waals surface area contributed by atoms with Gasteiger partial charge in [0.1, 0.15) is 12.7 Å². The molecule has 0 radical (unpaired) electrons. The van der Waals surface area contributed by atoms with E-state index in [-0.39, 0.29) is 10.8 Å². The smallest absolute Gasteiger partial charge is 0.243 e. The quantitative estimate of drug-likeness (QED) is 0.637. The van der Waals surface area contributed by atoms with Crippen LogP contribution in [0.25, 0.3) is 0 Å². The maximum absolute atomic E-state index is 13.4. The molecule has 1 aromatic carbocycles. The summed E-state index contributed by atoms with van der Waals surface area (Å²) in [5, 5.41) is 10.9. The van der Waals surface area contributed by atoms with Crippen LogP contribution < -0.4 is 5.32 Å². The van der Waals surface area contributed by atoms with E-state index < -0.39 is 10.0 Å². The lowest BCUT2D eigenvalue weighted by molar-refractivity contribution is 0.256. The minimum atomic E-state index is -3.56. The molecule has 0 atom stereocenters. The normalized spacial score (nSPS) is 16.6. The number of aryl methyl sites for hydroxylation is 1. The van der Waals surface area contributed by atoms with Crippen LogP contribution in [0.3, 0.4) is 0 Å². The molecule has 2 heterocycles. The summed E-state index contributed by atoms with van der Waals surface area (Å²) in [4.78, 5) is 0.344. The van der Waals surface area contributed by atoms with Gasteiger partial charge in [0.15, 0.2) is 0 Å². The standard InChI is InChI=1S/C19H29N5O2S2/c1-19(2,27)16-4-6-18(7-5-16)28(25,26)24(17-8-10-20-11-9-17)13-3-12-23-14-21-22-15-23/h4-7,14-15,17,20,27H,3,8-13H2,1-2H3. The molecule has 0 aliphatic carbocycles. The first-order valence-electron chi connectivity index (χ1n) is 9.66. The highest BCUT2D eigenvalue weighted by molar-refractivity contribution is 7.89. The van der Waals surface area contributed by atoms with Gasteiger partial charge in [-0.15, -0.1) is 10.2 Å². The predicted molar refractivity (Wildman–Crippen MR) is 113 cm³/mol. The number of piperidine rings is 1. The topological polar surface area (TPSA) is 80.1 Å². The van der Waals surface area contributed by atoms with E-state index in [0.29, 0.717) is 24.4 Å². The Hall–Kier alpha value is -1.42. The summed E-state index contributed by atoms with van der Waals surface area (Å²) < 4.78 is 30.1. The second kappa shape index (κ2) is 8.94. The van der Waals surface area contributed by atoms with E-state index in [0.717, 1.165) is 31.5 Å². The molecule has 28 heavy (non-hydrogen) atoms. The zero-order valence-electron chi connectivity index (χ0n) is 16.5. The van der Waals surface area contributed by atoms with Gasteiger partial charge in [0.2, 0.25) is 10.0 Å². The van der Waals surface area contributed by atoms with Gasteiger partial charge in [-0.3, -0.25) is 0 Å². The Kier molecular flexibility index (Phi) is 6.80. The summed E-state index contributed by atoms with van der Waals surface area (Å²) in [6, 6.07) is 7.15. The van der Waals surface area contributed by atoms with Crippen LogP contribution >= 0.6 is 12.6 Å². The second-order valence-electron chi connectivity index (χ2n) is 7.73. The molecule has 1 aliphatic heterocycles.